The van der Waals surface area contributed by atoms with E-state index in [0.29, 0.717) is 0 Å². The van der Waals surface area contributed by atoms with Gasteiger partial charge in [0.15, 0.2) is 0 Å². The molecule has 0 fully saturated rings. The van der Waals surface area contributed by atoms with Crippen molar-refractivity contribution >= 4 is 15.9 Å². The maximum Gasteiger partial charge on any atom is 0.408 e. The van der Waals surface area contributed by atoms with Crippen LogP contribution >= 0.6 is 0 Å². The van der Waals surface area contributed by atoms with E-state index >= 15 is 0 Å². The molecule has 1 aromatic rings. The van der Waals surface area contributed by atoms with E-state index in [9.17, 15) is 23.3 Å². The summed E-state index contributed by atoms with van der Waals surface area (Å²) in [6.07, 6.45) is 2.48. The highest BCUT2D eigenvalue weighted by Gasteiger charge is 2.45. The fourth-order valence-corrected chi connectivity index (χ4v) is 4.46. The largest absolute Gasteiger partial charge is 0.444 e. The number of amides is 1. The predicted octanol–water partition coefficient (Wildman–Crippen LogP) is 2.53. The molecule has 0 saturated heterocycles. The zero-order valence-electron chi connectivity index (χ0n) is 14.8. The Hall–Kier alpha value is -2.42. The molecule has 0 saturated carbocycles. The van der Waals surface area contributed by atoms with Crippen molar-refractivity contribution in [3.05, 3.63) is 52.6 Å². The van der Waals surface area contributed by atoms with Gasteiger partial charge in [-0.1, -0.05) is 30.4 Å². The van der Waals surface area contributed by atoms with Crippen LogP contribution in [0.4, 0.5) is 4.79 Å². The van der Waals surface area contributed by atoms with Gasteiger partial charge in [0.1, 0.15) is 5.60 Å². The van der Waals surface area contributed by atoms with Crippen LogP contribution in [0.3, 0.4) is 0 Å². The molecule has 0 heterocycles. The smallest absolute Gasteiger partial charge is 0.408 e. The summed E-state index contributed by atoms with van der Waals surface area (Å²) in [5, 5.41) is 12.3. The molecule has 1 aliphatic rings. The molecule has 2 rings (SSSR count). The van der Waals surface area contributed by atoms with E-state index in [1.54, 1.807) is 32.9 Å². The van der Waals surface area contributed by atoms with Crippen LogP contribution in [0.1, 0.15) is 27.2 Å². The fourth-order valence-electron chi connectivity index (χ4n) is 2.75. The normalized spacial score (nSPS) is 21.2. The number of nitrogens with zero attached hydrogens (tertiary/aromatic N) is 1. The minimum absolute atomic E-state index is 0.0985. The number of hydrogen-bond acceptors (Lipinski definition) is 6. The number of carbonyl (C=O) groups is 1. The second-order valence-electron chi connectivity index (χ2n) is 7.07. The van der Waals surface area contributed by atoms with Crippen LogP contribution in [0, 0.1) is 16.0 Å². The Morgan fingerprint density at radius 3 is 2.42 bits per heavy atom. The number of alkyl carbamates (subject to hydrolysis) is 1. The quantitative estimate of drug-likeness (QED) is 0.475. The Balaban J connectivity index is 2.13. The highest BCUT2D eigenvalue weighted by molar-refractivity contribution is 7.91. The predicted molar refractivity (Wildman–Crippen MR) is 94.8 cm³/mol. The van der Waals surface area contributed by atoms with Gasteiger partial charge in [-0.2, -0.15) is 0 Å². The van der Waals surface area contributed by atoms with Crippen molar-refractivity contribution < 1.29 is 22.9 Å². The monoisotopic (exact) mass is 382 g/mol. The van der Waals surface area contributed by atoms with Gasteiger partial charge < -0.3 is 10.1 Å². The van der Waals surface area contributed by atoms with Gasteiger partial charge in [-0.05, 0) is 39.3 Å². The van der Waals surface area contributed by atoms with Crippen molar-refractivity contribution in [3.8, 4) is 0 Å². The van der Waals surface area contributed by atoms with E-state index < -0.39 is 43.8 Å². The van der Waals surface area contributed by atoms with Gasteiger partial charge in [0.05, 0.1) is 16.9 Å². The van der Waals surface area contributed by atoms with Crippen LogP contribution < -0.4 is 5.32 Å². The summed E-state index contributed by atoms with van der Waals surface area (Å²) in [6, 6.07) is 6.81. The van der Waals surface area contributed by atoms with Crippen molar-refractivity contribution in [1.29, 1.82) is 0 Å². The summed E-state index contributed by atoms with van der Waals surface area (Å²) in [5.41, 5.74) is -0.675. The number of ether oxygens (including phenoxy) is 1. The summed E-state index contributed by atoms with van der Waals surface area (Å²) in [5.74, 6) is -0.852. The SMILES string of the molecule is CC(C)(C)OC(=O)N[C@H]1C=C[C@@H](C([N+](=O)[O-])S(=O)(=O)c2ccccc2)C1. The van der Waals surface area contributed by atoms with Gasteiger partial charge in [0, 0.05) is 4.92 Å². The number of benzene rings is 1. The number of sulfone groups is 1. The van der Waals surface area contributed by atoms with Crippen LogP contribution in [-0.4, -0.2) is 36.5 Å². The fraction of sp³-hybridized carbons (Fsp3) is 0.471. The van der Waals surface area contributed by atoms with E-state index in [4.69, 9.17) is 4.74 Å². The molecule has 9 heteroatoms. The lowest BCUT2D eigenvalue weighted by molar-refractivity contribution is -0.503. The zero-order chi connectivity index (χ0) is 19.5. The summed E-state index contributed by atoms with van der Waals surface area (Å²) in [4.78, 5) is 22.4. The molecule has 0 radical (unpaired) electrons. The lowest BCUT2D eigenvalue weighted by Crippen LogP contribution is -2.40. The van der Waals surface area contributed by atoms with Crippen LogP contribution in [0.2, 0.25) is 0 Å². The Bertz CT molecular complexity index is 798. The molecule has 1 aromatic carbocycles. The number of nitrogens with one attached hydrogen (secondary N) is 1. The average Bonchev–Trinajstić information content (AvgIpc) is 2.93. The van der Waals surface area contributed by atoms with Crippen LogP contribution in [-0.2, 0) is 14.6 Å². The van der Waals surface area contributed by atoms with Crippen molar-refractivity contribution in [3.63, 3.8) is 0 Å². The minimum Gasteiger partial charge on any atom is -0.444 e. The molecule has 0 bridgehead atoms. The molecule has 8 nitrogen and oxygen atoms in total. The second kappa shape index (κ2) is 7.45. The molecule has 1 amide bonds. The molecule has 142 valence electrons. The maximum atomic E-state index is 12.7. The first-order chi connectivity index (χ1) is 12.0. The number of nitro groups is 1. The van der Waals surface area contributed by atoms with Crippen molar-refractivity contribution in [1.82, 2.24) is 5.32 Å². The molecule has 0 spiro atoms. The molecule has 0 aromatic heterocycles. The average molecular weight is 382 g/mol. The first-order valence-corrected chi connectivity index (χ1v) is 9.65. The molecule has 0 aliphatic heterocycles. The van der Waals surface area contributed by atoms with Crippen LogP contribution in [0.5, 0.6) is 0 Å². The van der Waals surface area contributed by atoms with Crippen molar-refractivity contribution in [2.75, 3.05) is 0 Å². The zero-order valence-corrected chi connectivity index (χ0v) is 15.6. The van der Waals surface area contributed by atoms with E-state index in [-0.39, 0.29) is 11.3 Å². The van der Waals surface area contributed by atoms with Crippen LogP contribution in [0.25, 0.3) is 0 Å². The third-order valence-corrected chi connectivity index (χ3v) is 5.87. The molecular weight excluding hydrogens is 360 g/mol. The van der Waals surface area contributed by atoms with Crippen molar-refractivity contribution in [2.24, 2.45) is 5.92 Å². The highest BCUT2D eigenvalue weighted by atomic mass is 32.2. The van der Waals surface area contributed by atoms with Crippen molar-refractivity contribution in [2.45, 2.75) is 49.1 Å². The standard InChI is InChI=1S/C17H22N2O6S/c1-17(2,3)25-16(20)18-13-10-9-12(11-13)15(19(21)22)26(23,24)14-7-5-4-6-8-14/h4-10,12-13,15H,11H2,1-3H3,(H,18,20)/t12-,13+,15?/m1/s1. The second-order valence-corrected chi connectivity index (χ2v) is 9.12. The summed E-state index contributed by atoms with van der Waals surface area (Å²) < 4.78 is 30.5. The van der Waals surface area contributed by atoms with E-state index in [1.807, 2.05) is 0 Å². The third-order valence-electron chi connectivity index (χ3n) is 3.78. The lowest BCUT2D eigenvalue weighted by atomic mass is 10.1. The third kappa shape index (κ3) is 4.81. The molecule has 1 aliphatic carbocycles. The summed E-state index contributed by atoms with van der Waals surface area (Å²) in [6.45, 7) is 5.15. The minimum atomic E-state index is -4.16. The van der Waals surface area contributed by atoms with Crippen LogP contribution in [0.15, 0.2) is 47.4 Å². The van der Waals surface area contributed by atoms with Gasteiger partial charge >= 0.3 is 11.5 Å². The summed E-state index contributed by atoms with van der Waals surface area (Å²) in [7, 11) is -4.16. The van der Waals surface area contributed by atoms with Gasteiger partial charge in [0.25, 0.3) is 0 Å². The lowest BCUT2D eigenvalue weighted by Gasteiger charge is -2.22. The molecule has 26 heavy (non-hydrogen) atoms. The Labute approximate surface area is 152 Å². The Morgan fingerprint density at radius 1 is 1.27 bits per heavy atom. The number of hydrogen-bond donors (Lipinski definition) is 1. The van der Waals surface area contributed by atoms with Gasteiger partial charge in [0.2, 0.25) is 9.84 Å². The molecule has 3 atom stereocenters. The van der Waals surface area contributed by atoms with Gasteiger partial charge in [-0.3, -0.25) is 10.1 Å². The van der Waals surface area contributed by atoms with E-state index in [2.05, 4.69) is 5.32 Å². The molecule has 1 N–H and O–H groups in total. The first kappa shape index (κ1) is 19.9. The van der Waals surface area contributed by atoms with E-state index in [0.717, 1.165) is 0 Å². The van der Waals surface area contributed by atoms with Gasteiger partial charge in [-0.15, -0.1) is 0 Å². The number of rotatable bonds is 5. The topological polar surface area (TPSA) is 116 Å². The first-order valence-electron chi connectivity index (χ1n) is 8.11. The number of carbonyl (C=O) groups excluding carboxylic acids is 1. The molecular formula is C17H22N2O6S. The van der Waals surface area contributed by atoms with E-state index in [1.165, 1.54) is 30.3 Å². The Morgan fingerprint density at radius 2 is 1.88 bits per heavy atom. The highest BCUT2D eigenvalue weighted by Crippen LogP contribution is 2.30. The molecule has 1 unspecified atom stereocenters. The Kier molecular flexibility index (Phi) is 5.70. The summed E-state index contributed by atoms with van der Waals surface area (Å²) >= 11 is 0. The maximum absolute atomic E-state index is 12.7. The van der Waals surface area contributed by atoms with Gasteiger partial charge in [-0.25, -0.2) is 13.2 Å².